The first kappa shape index (κ1) is 19.3. The maximum atomic E-state index is 12.8. The van der Waals surface area contributed by atoms with Crippen LogP contribution in [0.3, 0.4) is 0 Å². The van der Waals surface area contributed by atoms with Gasteiger partial charge in [0.15, 0.2) is 24.6 Å². The highest BCUT2D eigenvalue weighted by Crippen LogP contribution is 2.16. The molecule has 7 nitrogen and oxygen atoms in total. The Kier molecular flexibility index (Phi) is 4.94. The maximum absolute atomic E-state index is 12.8. The fourth-order valence-corrected chi connectivity index (χ4v) is 3.44. The lowest BCUT2D eigenvalue weighted by molar-refractivity contribution is -0.741. The van der Waals surface area contributed by atoms with E-state index in [2.05, 4.69) is 27.1 Å². The number of imidazole rings is 2. The minimum Gasteiger partial charge on any atom is -0.322 e. The molecule has 0 aliphatic rings. The molecular weight excluding hydrogens is 400 g/mol. The lowest BCUT2D eigenvalue weighted by atomic mass is 10.1. The number of carbonyl (C=O) groups excluding carboxylic acids is 1. The van der Waals surface area contributed by atoms with Crippen molar-refractivity contribution in [2.75, 3.05) is 5.32 Å². The van der Waals surface area contributed by atoms with Gasteiger partial charge >= 0.3 is 0 Å². The second kappa shape index (κ2) is 8.20. The van der Waals surface area contributed by atoms with Gasteiger partial charge in [0.2, 0.25) is 0 Å². The van der Waals surface area contributed by atoms with Crippen LogP contribution in [0.25, 0.3) is 11.3 Å². The van der Waals surface area contributed by atoms with Crippen molar-refractivity contribution in [1.82, 2.24) is 19.1 Å². The topological polar surface area (TPSA) is 68.1 Å². The van der Waals surface area contributed by atoms with Crippen molar-refractivity contribution in [1.29, 1.82) is 0 Å². The van der Waals surface area contributed by atoms with Crippen molar-refractivity contribution in [2.24, 2.45) is 7.05 Å². The molecule has 0 fully saturated rings. The van der Waals surface area contributed by atoms with Crippen molar-refractivity contribution in [2.45, 2.75) is 0 Å². The first-order chi connectivity index (χ1) is 15.7. The van der Waals surface area contributed by atoms with Crippen molar-refractivity contribution in [3.63, 3.8) is 0 Å². The van der Waals surface area contributed by atoms with E-state index >= 15 is 0 Å². The maximum Gasteiger partial charge on any atom is 0.255 e. The summed E-state index contributed by atoms with van der Waals surface area (Å²) >= 11 is 0. The number of carbonyl (C=O) groups is 1. The van der Waals surface area contributed by atoms with E-state index in [1.165, 1.54) is 0 Å². The molecule has 3 aromatic heterocycles. The summed E-state index contributed by atoms with van der Waals surface area (Å²) in [6.07, 6.45) is 8.96. The zero-order valence-corrected chi connectivity index (χ0v) is 17.3. The molecule has 0 saturated heterocycles. The molecule has 154 valence electrons. The van der Waals surface area contributed by atoms with Gasteiger partial charge in [-0.3, -0.25) is 4.79 Å². The van der Waals surface area contributed by atoms with Gasteiger partial charge in [-0.1, -0.05) is 22.6 Å². The van der Waals surface area contributed by atoms with Gasteiger partial charge in [0, 0.05) is 41.0 Å². The van der Waals surface area contributed by atoms with Gasteiger partial charge in [-0.25, -0.2) is 9.97 Å². The monoisotopic (exact) mass is 419 g/mol. The Morgan fingerprint density at radius 1 is 1.06 bits per heavy atom. The molecule has 5 aromatic rings. The molecule has 0 bridgehead atoms. The number of aryl methyl sites for hydroxylation is 1. The molecule has 32 heavy (non-hydrogen) atoms. The number of fused-ring (bicyclic) bond motifs is 1. The average Bonchev–Trinajstić information content (AvgIpc) is 3.49. The summed E-state index contributed by atoms with van der Waals surface area (Å²) in [5.74, 6) is 6.10. The minimum absolute atomic E-state index is 0.197. The van der Waals surface area contributed by atoms with E-state index < -0.39 is 0 Å². The van der Waals surface area contributed by atoms with Crippen LogP contribution in [-0.2, 0) is 7.05 Å². The predicted octanol–water partition coefficient (Wildman–Crippen LogP) is 3.00. The van der Waals surface area contributed by atoms with Gasteiger partial charge in [-0.15, -0.1) is 4.68 Å². The lowest BCUT2D eigenvalue weighted by Crippen LogP contribution is -2.37. The molecule has 0 radical (unpaired) electrons. The quantitative estimate of drug-likeness (QED) is 0.361. The number of amides is 1. The molecule has 0 saturated carbocycles. The lowest BCUT2D eigenvalue weighted by Gasteiger charge is -2.08. The predicted molar refractivity (Wildman–Crippen MR) is 120 cm³/mol. The largest absolute Gasteiger partial charge is 0.322 e. The van der Waals surface area contributed by atoms with Gasteiger partial charge in [-0.2, -0.15) is 0 Å². The Balaban J connectivity index is 1.37. The average molecular weight is 419 g/mol. The van der Waals surface area contributed by atoms with E-state index in [1.807, 2.05) is 81.7 Å². The number of nitrogens with zero attached hydrogens (tertiary/aromatic N) is 5. The van der Waals surface area contributed by atoms with Crippen LogP contribution in [0.1, 0.15) is 21.6 Å². The van der Waals surface area contributed by atoms with Gasteiger partial charge in [0.1, 0.15) is 0 Å². The Morgan fingerprint density at radius 2 is 1.97 bits per heavy atom. The summed E-state index contributed by atoms with van der Waals surface area (Å²) in [5.41, 5.74) is 4.50. The summed E-state index contributed by atoms with van der Waals surface area (Å²) in [7, 11) is 1.94. The van der Waals surface area contributed by atoms with Gasteiger partial charge in [0.25, 0.3) is 5.91 Å². The van der Waals surface area contributed by atoms with Crippen LogP contribution in [0.4, 0.5) is 5.69 Å². The van der Waals surface area contributed by atoms with Crippen LogP contribution in [0.2, 0.25) is 0 Å². The molecule has 1 N–H and O–H groups in total. The van der Waals surface area contributed by atoms with Crippen LogP contribution in [-0.4, -0.2) is 25.0 Å². The highest BCUT2D eigenvalue weighted by atomic mass is 16.1. The Bertz CT molecular complexity index is 1490. The Labute approximate surface area is 184 Å². The molecule has 0 aliphatic heterocycles. The fourth-order valence-electron chi connectivity index (χ4n) is 3.44. The van der Waals surface area contributed by atoms with E-state index in [0.29, 0.717) is 11.3 Å². The molecule has 0 aliphatic carbocycles. The van der Waals surface area contributed by atoms with Crippen LogP contribution in [0, 0.1) is 11.8 Å². The Hall–Kier alpha value is -4.70. The van der Waals surface area contributed by atoms with Crippen LogP contribution in [0.5, 0.6) is 0 Å². The Morgan fingerprint density at radius 3 is 2.84 bits per heavy atom. The van der Waals surface area contributed by atoms with Gasteiger partial charge in [0.05, 0.1) is 12.5 Å². The molecule has 7 heteroatoms. The fraction of sp³-hybridized carbons (Fsp3) is 0.0400. The van der Waals surface area contributed by atoms with Crippen LogP contribution >= 0.6 is 0 Å². The van der Waals surface area contributed by atoms with Crippen LogP contribution < -0.4 is 10.00 Å². The number of anilines is 1. The minimum atomic E-state index is -0.197. The van der Waals surface area contributed by atoms with Crippen LogP contribution in [0.15, 0.2) is 91.8 Å². The van der Waals surface area contributed by atoms with E-state index in [-0.39, 0.29) is 5.91 Å². The highest BCUT2D eigenvalue weighted by molar-refractivity contribution is 6.04. The molecule has 0 unspecified atom stereocenters. The van der Waals surface area contributed by atoms with Gasteiger partial charge in [-0.05, 0) is 48.4 Å². The zero-order valence-electron chi connectivity index (χ0n) is 17.3. The van der Waals surface area contributed by atoms with Crippen molar-refractivity contribution in [3.8, 4) is 17.5 Å². The molecular formula is C25H19N6O+. The first-order valence-corrected chi connectivity index (χ1v) is 10.0. The smallest absolute Gasteiger partial charge is 0.255 e. The number of hydrogen-bond acceptors (Lipinski definition) is 3. The molecule has 3 heterocycles. The summed E-state index contributed by atoms with van der Waals surface area (Å²) in [5, 5.41) is 2.95. The molecule has 2 aromatic carbocycles. The third-order valence-electron chi connectivity index (χ3n) is 4.99. The van der Waals surface area contributed by atoms with E-state index in [9.17, 15) is 4.79 Å². The molecule has 0 spiro atoms. The second-order valence-electron chi connectivity index (χ2n) is 7.20. The normalized spacial score (nSPS) is 10.5. The third-order valence-corrected chi connectivity index (χ3v) is 4.99. The zero-order chi connectivity index (χ0) is 21.9. The number of aromatic nitrogens is 5. The summed E-state index contributed by atoms with van der Waals surface area (Å²) < 4.78 is 5.73. The van der Waals surface area contributed by atoms with E-state index in [1.54, 1.807) is 30.9 Å². The SMILES string of the molecule is C[n+]1cccc2ncc(C#Cc3cccc(C(=O)Nc4cccc(-n5ccnc5)c4)c3)n21. The number of hydrogen-bond donors (Lipinski definition) is 1. The summed E-state index contributed by atoms with van der Waals surface area (Å²) in [6, 6.07) is 18.7. The molecule has 5 rings (SSSR count). The van der Waals surface area contributed by atoms with Gasteiger partial charge < -0.3 is 9.88 Å². The van der Waals surface area contributed by atoms with E-state index in [4.69, 9.17) is 0 Å². The molecule has 0 atom stereocenters. The standard InChI is InChI=1S/C25H18N6O/c1-29-13-4-9-24-27-17-23(31(24)29)11-10-19-5-2-6-20(15-19)25(32)28-21-7-3-8-22(16-21)30-14-12-26-18-30/h2-9,12-18H,1H3/p+1. The highest BCUT2D eigenvalue weighted by Gasteiger charge is 2.09. The van der Waals surface area contributed by atoms with Crippen molar-refractivity contribution in [3.05, 3.63) is 109 Å². The van der Waals surface area contributed by atoms with Crippen molar-refractivity contribution >= 4 is 17.2 Å². The summed E-state index contributed by atoms with van der Waals surface area (Å²) in [6.45, 7) is 0. The van der Waals surface area contributed by atoms with Crippen molar-refractivity contribution < 1.29 is 9.48 Å². The second-order valence-corrected chi connectivity index (χ2v) is 7.20. The number of rotatable bonds is 3. The first-order valence-electron chi connectivity index (χ1n) is 10.0. The number of benzene rings is 2. The molecule has 1 amide bonds. The number of nitrogens with one attached hydrogen (secondary N) is 1. The third kappa shape index (κ3) is 3.85. The van der Waals surface area contributed by atoms with E-state index in [0.717, 1.165) is 22.6 Å². The summed E-state index contributed by atoms with van der Waals surface area (Å²) in [4.78, 5) is 21.3.